The Balaban J connectivity index is 2.62. The first-order valence-corrected chi connectivity index (χ1v) is 7.19. The minimum atomic E-state index is 0.541. The van der Waals surface area contributed by atoms with Crippen molar-refractivity contribution in [3.05, 3.63) is 28.2 Å². The summed E-state index contributed by atoms with van der Waals surface area (Å²) in [4.78, 5) is 4.54. The molecule has 2 nitrogen and oxygen atoms in total. The number of halogens is 2. The molecule has 0 unspecified atom stereocenters. The molecule has 0 fully saturated rings. The van der Waals surface area contributed by atoms with Crippen LogP contribution in [0.25, 0.3) is 0 Å². The summed E-state index contributed by atoms with van der Waals surface area (Å²) in [5.74, 6) is 0.990. The number of amidine groups is 1. The topological polar surface area (TPSA) is 24.4 Å². The molecule has 100 valence electrons. The molecule has 1 N–H and O–H groups in total. The van der Waals surface area contributed by atoms with Crippen molar-refractivity contribution in [3.63, 3.8) is 0 Å². The first-order chi connectivity index (χ1) is 8.67. The fourth-order valence-electron chi connectivity index (χ4n) is 1.56. The van der Waals surface area contributed by atoms with E-state index in [-0.39, 0.29) is 0 Å². The lowest BCUT2D eigenvalue weighted by Gasteiger charge is -2.08. The Labute approximate surface area is 119 Å². The highest BCUT2D eigenvalue weighted by Crippen LogP contribution is 2.26. The van der Waals surface area contributed by atoms with Crippen LogP contribution in [0.2, 0.25) is 10.0 Å². The van der Waals surface area contributed by atoms with Gasteiger partial charge in [0.15, 0.2) is 0 Å². The van der Waals surface area contributed by atoms with Gasteiger partial charge < -0.3 is 5.32 Å². The van der Waals surface area contributed by atoms with Crippen LogP contribution in [-0.4, -0.2) is 12.4 Å². The summed E-state index contributed by atoms with van der Waals surface area (Å²) in [6.45, 7) is 5.26. The Morgan fingerprint density at radius 2 is 1.94 bits per heavy atom. The van der Waals surface area contributed by atoms with Crippen molar-refractivity contribution in [1.82, 2.24) is 5.32 Å². The highest BCUT2D eigenvalue weighted by atomic mass is 35.5. The molecule has 4 heteroatoms. The lowest BCUT2D eigenvalue weighted by Crippen LogP contribution is -2.23. The number of rotatable bonds is 6. The molecule has 0 radical (unpaired) electrons. The van der Waals surface area contributed by atoms with E-state index in [1.54, 1.807) is 12.1 Å². The summed E-state index contributed by atoms with van der Waals surface area (Å²) in [5, 5.41) is 4.46. The van der Waals surface area contributed by atoms with Gasteiger partial charge in [-0.2, -0.15) is 0 Å². The second-order valence-electron chi connectivity index (χ2n) is 4.14. The van der Waals surface area contributed by atoms with Gasteiger partial charge in [-0.1, -0.05) is 49.9 Å². The third kappa shape index (κ3) is 5.28. The zero-order valence-corrected chi connectivity index (χ0v) is 12.5. The second-order valence-corrected chi connectivity index (χ2v) is 4.96. The van der Waals surface area contributed by atoms with Crippen molar-refractivity contribution in [2.24, 2.45) is 4.99 Å². The van der Waals surface area contributed by atoms with Gasteiger partial charge in [0.1, 0.15) is 5.84 Å². The highest BCUT2D eigenvalue weighted by molar-refractivity contribution is 6.42. The maximum atomic E-state index is 5.96. The van der Waals surface area contributed by atoms with Crippen LogP contribution in [0.15, 0.2) is 23.2 Å². The molecule has 0 amide bonds. The van der Waals surface area contributed by atoms with Crippen molar-refractivity contribution < 1.29 is 0 Å². The van der Waals surface area contributed by atoms with Crippen LogP contribution in [0.1, 0.15) is 39.5 Å². The summed E-state index contributed by atoms with van der Waals surface area (Å²) in [7, 11) is 0. The van der Waals surface area contributed by atoms with E-state index in [1.807, 2.05) is 6.07 Å². The fraction of sp³-hybridized carbons (Fsp3) is 0.500. The van der Waals surface area contributed by atoms with E-state index >= 15 is 0 Å². The van der Waals surface area contributed by atoms with Gasteiger partial charge in [-0.3, -0.25) is 0 Å². The molecule has 0 saturated carbocycles. The van der Waals surface area contributed by atoms with Crippen LogP contribution < -0.4 is 5.32 Å². The monoisotopic (exact) mass is 286 g/mol. The van der Waals surface area contributed by atoms with Gasteiger partial charge >= 0.3 is 0 Å². The van der Waals surface area contributed by atoms with E-state index in [9.17, 15) is 0 Å². The Morgan fingerprint density at radius 3 is 2.56 bits per heavy atom. The molecule has 1 aromatic rings. The SMILES string of the molecule is CCCCCN/C(CC)=N\c1ccc(Cl)c(Cl)c1. The first-order valence-electron chi connectivity index (χ1n) is 6.43. The normalized spacial score (nSPS) is 11.7. The van der Waals surface area contributed by atoms with Crippen molar-refractivity contribution in [3.8, 4) is 0 Å². The molecule has 18 heavy (non-hydrogen) atoms. The molecule has 0 atom stereocenters. The number of hydrogen-bond acceptors (Lipinski definition) is 1. The van der Waals surface area contributed by atoms with Gasteiger partial charge in [0.05, 0.1) is 15.7 Å². The molecule has 0 saturated heterocycles. The molecular formula is C14H20Cl2N2. The Bertz CT molecular complexity index is 403. The lowest BCUT2D eigenvalue weighted by molar-refractivity contribution is 0.692. The third-order valence-electron chi connectivity index (χ3n) is 2.61. The molecule has 0 aromatic heterocycles. The standard InChI is InChI=1S/C14H20Cl2N2/c1-3-5-6-9-17-14(4-2)18-11-7-8-12(15)13(16)10-11/h7-8,10H,3-6,9H2,1-2H3,(H,17,18). The number of hydrogen-bond donors (Lipinski definition) is 1. The summed E-state index contributed by atoms with van der Waals surface area (Å²) in [6.07, 6.45) is 4.53. The Morgan fingerprint density at radius 1 is 1.17 bits per heavy atom. The fourth-order valence-corrected chi connectivity index (χ4v) is 1.85. The van der Waals surface area contributed by atoms with Gasteiger partial charge in [0.25, 0.3) is 0 Å². The van der Waals surface area contributed by atoms with Crippen LogP contribution in [0.4, 0.5) is 5.69 Å². The molecular weight excluding hydrogens is 267 g/mol. The van der Waals surface area contributed by atoms with Crippen LogP contribution in [0.5, 0.6) is 0 Å². The zero-order chi connectivity index (χ0) is 13.4. The number of nitrogens with zero attached hydrogens (tertiary/aromatic N) is 1. The molecule has 0 spiro atoms. The number of benzene rings is 1. The number of aliphatic imine (C=N–C) groups is 1. The van der Waals surface area contributed by atoms with Gasteiger partial charge in [-0.15, -0.1) is 0 Å². The largest absolute Gasteiger partial charge is 0.374 e. The summed E-state index contributed by atoms with van der Waals surface area (Å²) >= 11 is 11.8. The van der Waals surface area contributed by atoms with Crippen LogP contribution in [0.3, 0.4) is 0 Å². The highest BCUT2D eigenvalue weighted by Gasteiger charge is 2.00. The summed E-state index contributed by atoms with van der Waals surface area (Å²) < 4.78 is 0. The van der Waals surface area contributed by atoms with E-state index in [4.69, 9.17) is 23.2 Å². The Hall–Kier alpha value is -0.730. The zero-order valence-electron chi connectivity index (χ0n) is 11.0. The van der Waals surface area contributed by atoms with Crippen LogP contribution >= 0.6 is 23.2 Å². The first kappa shape index (κ1) is 15.3. The van der Waals surface area contributed by atoms with E-state index < -0.39 is 0 Å². The van der Waals surface area contributed by atoms with E-state index in [0.29, 0.717) is 10.0 Å². The lowest BCUT2D eigenvalue weighted by atomic mass is 10.2. The number of nitrogens with one attached hydrogen (secondary N) is 1. The van der Waals surface area contributed by atoms with Crippen LogP contribution in [-0.2, 0) is 0 Å². The summed E-state index contributed by atoms with van der Waals surface area (Å²) in [6, 6.07) is 5.43. The van der Waals surface area contributed by atoms with E-state index in [1.165, 1.54) is 19.3 Å². The van der Waals surface area contributed by atoms with Crippen molar-refractivity contribution >= 4 is 34.7 Å². The van der Waals surface area contributed by atoms with Gasteiger partial charge in [0, 0.05) is 13.0 Å². The molecule has 0 aliphatic rings. The second kappa shape index (κ2) is 8.39. The van der Waals surface area contributed by atoms with Gasteiger partial charge in [-0.05, 0) is 24.6 Å². The smallest absolute Gasteiger partial charge is 0.102 e. The van der Waals surface area contributed by atoms with Crippen LogP contribution in [0, 0.1) is 0 Å². The maximum Gasteiger partial charge on any atom is 0.102 e. The maximum absolute atomic E-state index is 5.96. The summed E-state index contributed by atoms with van der Waals surface area (Å²) in [5.41, 5.74) is 0.837. The minimum absolute atomic E-state index is 0.541. The predicted molar refractivity (Wildman–Crippen MR) is 81.4 cm³/mol. The quantitative estimate of drug-likeness (QED) is 0.433. The molecule has 0 heterocycles. The van der Waals surface area contributed by atoms with E-state index in [2.05, 4.69) is 24.2 Å². The van der Waals surface area contributed by atoms with Gasteiger partial charge in [-0.25, -0.2) is 4.99 Å². The Kier molecular flexibility index (Phi) is 7.14. The molecule has 1 rings (SSSR count). The van der Waals surface area contributed by atoms with E-state index in [0.717, 1.165) is 24.5 Å². The average molecular weight is 287 g/mol. The van der Waals surface area contributed by atoms with Crippen molar-refractivity contribution in [2.45, 2.75) is 39.5 Å². The molecule has 1 aromatic carbocycles. The van der Waals surface area contributed by atoms with Crippen molar-refractivity contribution in [2.75, 3.05) is 6.54 Å². The minimum Gasteiger partial charge on any atom is -0.374 e. The average Bonchev–Trinajstić information content (AvgIpc) is 2.37. The van der Waals surface area contributed by atoms with Gasteiger partial charge in [0.2, 0.25) is 0 Å². The van der Waals surface area contributed by atoms with Crippen molar-refractivity contribution in [1.29, 1.82) is 0 Å². The number of unbranched alkanes of at least 4 members (excludes halogenated alkanes) is 2. The third-order valence-corrected chi connectivity index (χ3v) is 3.35. The predicted octanol–water partition coefficient (Wildman–Crippen LogP) is 5.21. The molecule has 0 aliphatic carbocycles. The molecule has 0 bridgehead atoms. The molecule has 0 aliphatic heterocycles.